The zero-order valence-corrected chi connectivity index (χ0v) is 18.4. The predicted molar refractivity (Wildman–Crippen MR) is 123 cm³/mol. The molecule has 3 heterocycles. The highest BCUT2D eigenvalue weighted by Crippen LogP contribution is 2.27. The molecule has 5 rings (SSSR count). The lowest BCUT2D eigenvalue weighted by Crippen LogP contribution is -2.21. The van der Waals surface area contributed by atoms with Gasteiger partial charge in [0.1, 0.15) is 5.75 Å². The second kappa shape index (κ2) is 8.28. The van der Waals surface area contributed by atoms with E-state index >= 15 is 0 Å². The minimum atomic E-state index is -2.93. The lowest BCUT2D eigenvalue weighted by Gasteiger charge is -2.14. The molecule has 0 aliphatic heterocycles. The molecule has 10 heteroatoms. The Morgan fingerprint density at radius 1 is 1.06 bits per heavy atom. The molecular formula is C23H17F2N5O2S. The van der Waals surface area contributed by atoms with E-state index in [0.717, 1.165) is 16.5 Å². The summed E-state index contributed by atoms with van der Waals surface area (Å²) in [5.41, 5.74) is 2.61. The Bertz CT molecular complexity index is 1550. The lowest BCUT2D eigenvalue weighted by atomic mass is 10.0. The molecule has 2 aromatic carbocycles. The van der Waals surface area contributed by atoms with E-state index in [9.17, 15) is 13.6 Å². The maximum absolute atomic E-state index is 13.7. The fourth-order valence-electron chi connectivity index (χ4n) is 3.72. The van der Waals surface area contributed by atoms with Gasteiger partial charge in [0, 0.05) is 35.8 Å². The van der Waals surface area contributed by atoms with Crippen molar-refractivity contribution in [3.8, 4) is 22.6 Å². The van der Waals surface area contributed by atoms with Crippen LogP contribution >= 0.6 is 11.8 Å². The number of hydrogen-bond donors (Lipinski definition) is 0. The maximum atomic E-state index is 13.7. The van der Waals surface area contributed by atoms with Gasteiger partial charge in [-0.3, -0.25) is 14.0 Å². The van der Waals surface area contributed by atoms with Crippen LogP contribution in [-0.4, -0.2) is 37.2 Å². The van der Waals surface area contributed by atoms with Crippen molar-refractivity contribution in [3.63, 3.8) is 0 Å². The summed E-state index contributed by atoms with van der Waals surface area (Å²) in [6.45, 7) is -2.93. The number of rotatable bonds is 5. The van der Waals surface area contributed by atoms with Gasteiger partial charge < -0.3 is 4.74 Å². The summed E-state index contributed by atoms with van der Waals surface area (Å²) in [6.07, 6.45) is 5.40. The van der Waals surface area contributed by atoms with E-state index in [1.165, 1.54) is 28.5 Å². The third kappa shape index (κ3) is 3.93. The highest BCUT2D eigenvalue weighted by atomic mass is 32.2. The monoisotopic (exact) mass is 465 g/mol. The first-order valence-corrected chi connectivity index (χ1v) is 11.1. The molecule has 0 aliphatic rings. The molecule has 0 N–H and O–H groups in total. The van der Waals surface area contributed by atoms with Gasteiger partial charge in [-0.2, -0.15) is 13.9 Å². The summed E-state index contributed by atoms with van der Waals surface area (Å²) in [7, 11) is 1.84. The van der Waals surface area contributed by atoms with Crippen LogP contribution in [0.4, 0.5) is 8.78 Å². The van der Waals surface area contributed by atoms with Crippen LogP contribution in [-0.2, 0) is 7.05 Å². The number of aryl methyl sites for hydroxylation is 1. The Morgan fingerprint density at radius 3 is 2.58 bits per heavy atom. The van der Waals surface area contributed by atoms with Crippen molar-refractivity contribution >= 4 is 33.7 Å². The van der Waals surface area contributed by atoms with Crippen LogP contribution in [0.1, 0.15) is 0 Å². The van der Waals surface area contributed by atoms with Crippen molar-refractivity contribution in [2.75, 3.05) is 6.26 Å². The first kappa shape index (κ1) is 21.1. The molecule has 0 atom stereocenters. The van der Waals surface area contributed by atoms with E-state index < -0.39 is 6.61 Å². The Balaban J connectivity index is 1.75. The number of thioether (sulfide) groups is 1. The quantitative estimate of drug-likeness (QED) is 0.278. The maximum Gasteiger partial charge on any atom is 0.387 e. The summed E-state index contributed by atoms with van der Waals surface area (Å²) in [4.78, 5) is 22.6. The van der Waals surface area contributed by atoms with Crippen LogP contribution < -0.4 is 10.3 Å². The third-order valence-corrected chi connectivity index (χ3v) is 5.71. The van der Waals surface area contributed by atoms with Crippen LogP contribution in [0.2, 0.25) is 0 Å². The largest absolute Gasteiger partial charge is 0.435 e. The fraction of sp³-hybridized carbons (Fsp3) is 0.130. The SMILES string of the molecule is CSc1ncc2cc(-c3ccc4nn(C)cc4c3)c(=O)n(-c3ccc(OC(F)F)cc3)c2n1. The number of benzene rings is 2. The number of aromatic nitrogens is 5. The Morgan fingerprint density at radius 2 is 1.85 bits per heavy atom. The summed E-state index contributed by atoms with van der Waals surface area (Å²) < 4.78 is 32.7. The van der Waals surface area contributed by atoms with Gasteiger partial charge in [-0.25, -0.2) is 9.97 Å². The van der Waals surface area contributed by atoms with Crippen molar-refractivity contribution in [1.82, 2.24) is 24.3 Å². The first-order chi connectivity index (χ1) is 15.9. The van der Waals surface area contributed by atoms with E-state index in [0.29, 0.717) is 27.4 Å². The molecule has 0 saturated heterocycles. The molecule has 0 bridgehead atoms. The zero-order valence-electron chi connectivity index (χ0n) is 17.6. The fourth-order valence-corrected chi connectivity index (χ4v) is 4.06. The highest BCUT2D eigenvalue weighted by Gasteiger charge is 2.16. The van der Waals surface area contributed by atoms with E-state index in [1.807, 2.05) is 37.7 Å². The Labute approximate surface area is 190 Å². The molecule has 0 spiro atoms. The second-order valence-corrected chi connectivity index (χ2v) is 8.06. The van der Waals surface area contributed by atoms with Crippen molar-refractivity contribution < 1.29 is 13.5 Å². The third-order valence-electron chi connectivity index (χ3n) is 5.15. The molecule has 0 amide bonds. The molecule has 33 heavy (non-hydrogen) atoms. The molecule has 0 fully saturated rings. The lowest BCUT2D eigenvalue weighted by molar-refractivity contribution is -0.0498. The molecule has 7 nitrogen and oxygen atoms in total. The number of hydrogen-bond acceptors (Lipinski definition) is 6. The summed E-state index contributed by atoms with van der Waals surface area (Å²) in [6, 6.07) is 13.3. The van der Waals surface area contributed by atoms with Crippen molar-refractivity contribution in [2.24, 2.45) is 7.05 Å². The smallest absolute Gasteiger partial charge is 0.387 e. The van der Waals surface area contributed by atoms with Crippen molar-refractivity contribution in [2.45, 2.75) is 11.8 Å². The van der Waals surface area contributed by atoms with Crippen molar-refractivity contribution in [3.05, 3.63) is 71.3 Å². The van der Waals surface area contributed by atoms with E-state index in [2.05, 4.69) is 19.8 Å². The minimum absolute atomic E-state index is 0.00344. The van der Waals surface area contributed by atoms with Gasteiger partial charge in [-0.1, -0.05) is 17.8 Å². The van der Waals surface area contributed by atoms with Crippen LogP contribution in [0.15, 0.2) is 70.9 Å². The molecule has 0 saturated carbocycles. The summed E-state index contributed by atoms with van der Waals surface area (Å²) in [5.74, 6) is 0.00344. The number of nitrogens with zero attached hydrogens (tertiary/aromatic N) is 5. The molecule has 166 valence electrons. The van der Waals surface area contributed by atoms with Gasteiger partial charge in [0.15, 0.2) is 10.8 Å². The Hall–Kier alpha value is -3.79. The predicted octanol–water partition coefficient (Wildman–Crippen LogP) is 4.66. The van der Waals surface area contributed by atoms with Gasteiger partial charge in [0.2, 0.25) is 0 Å². The van der Waals surface area contributed by atoms with E-state index in [1.54, 1.807) is 29.1 Å². The molecule has 3 aromatic heterocycles. The Kier molecular flexibility index (Phi) is 5.29. The van der Waals surface area contributed by atoms with Gasteiger partial charge in [-0.15, -0.1) is 0 Å². The van der Waals surface area contributed by atoms with Gasteiger partial charge in [-0.05, 0) is 54.3 Å². The van der Waals surface area contributed by atoms with Crippen molar-refractivity contribution in [1.29, 1.82) is 0 Å². The molecule has 5 aromatic rings. The van der Waals surface area contributed by atoms with Gasteiger partial charge >= 0.3 is 6.61 Å². The van der Waals surface area contributed by atoms with Crippen LogP contribution in [0.5, 0.6) is 5.75 Å². The normalized spacial score (nSPS) is 11.5. The second-order valence-electron chi connectivity index (χ2n) is 7.28. The number of ether oxygens (including phenoxy) is 1. The number of alkyl halides is 2. The van der Waals surface area contributed by atoms with Crippen LogP contribution in [0, 0.1) is 0 Å². The van der Waals surface area contributed by atoms with Crippen LogP contribution in [0.25, 0.3) is 38.8 Å². The van der Waals surface area contributed by atoms with Gasteiger partial charge in [0.25, 0.3) is 5.56 Å². The van der Waals surface area contributed by atoms with Crippen LogP contribution in [0.3, 0.4) is 0 Å². The number of pyridine rings is 1. The minimum Gasteiger partial charge on any atom is -0.435 e. The van der Waals surface area contributed by atoms with E-state index in [4.69, 9.17) is 0 Å². The average molecular weight is 465 g/mol. The average Bonchev–Trinajstić information content (AvgIpc) is 3.18. The summed E-state index contributed by atoms with van der Waals surface area (Å²) in [5, 5.41) is 6.47. The number of halogens is 2. The number of fused-ring (bicyclic) bond motifs is 2. The molecular weight excluding hydrogens is 448 g/mol. The molecule has 0 radical (unpaired) electrons. The molecule has 0 aliphatic carbocycles. The topological polar surface area (TPSA) is 74.8 Å². The summed E-state index contributed by atoms with van der Waals surface area (Å²) >= 11 is 1.36. The standard InChI is InChI=1S/C23H17F2N5O2S/c1-29-12-15-9-13(3-8-19(15)28-29)18-10-14-11-26-23(33-2)27-20(14)30(21(18)31)16-4-6-17(7-5-16)32-22(24)25/h3-12,22H,1-2H3. The first-order valence-electron chi connectivity index (χ1n) is 9.89. The van der Waals surface area contributed by atoms with Gasteiger partial charge in [0.05, 0.1) is 11.2 Å². The molecule has 0 unspecified atom stereocenters. The van der Waals surface area contributed by atoms with E-state index in [-0.39, 0.29) is 11.3 Å². The highest BCUT2D eigenvalue weighted by molar-refractivity contribution is 7.98. The zero-order chi connectivity index (χ0) is 23.1.